The van der Waals surface area contributed by atoms with Crippen LogP contribution in [0.1, 0.15) is 11.1 Å². The second-order valence-corrected chi connectivity index (χ2v) is 5.98. The quantitative estimate of drug-likeness (QED) is 0.768. The van der Waals surface area contributed by atoms with Gasteiger partial charge in [-0.15, -0.1) is 0 Å². The first kappa shape index (κ1) is 14.6. The smallest absolute Gasteiger partial charge is 0.264 e. The molecule has 0 bridgehead atoms. The molecule has 0 saturated heterocycles. The van der Waals surface area contributed by atoms with Crippen LogP contribution in [0.4, 0.5) is 0 Å². The summed E-state index contributed by atoms with van der Waals surface area (Å²) in [6.07, 6.45) is 1.04. The lowest BCUT2D eigenvalue weighted by Crippen LogP contribution is -2.06. The predicted octanol–water partition coefficient (Wildman–Crippen LogP) is 2.74. The van der Waals surface area contributed by atoms with Crippen molar-refractivity contribution >= 4 is 10.1 Å². The second-order valence-electron chi connectivity index (χ2n) is 4.34. The molecule has 0 N–H and O–H groups in total. The van der Waals surface area contributed by atoms with E-state index in [4.69, 9.17) is 8.92 Å². The molecular formula is C15H16O4S. The van der Waals surface area contributed by atoms with Crippen molar-refractivity contribution in [3.05, 3.63) is 65.7 Å². The normalized spacial score (nSPS) is 11.2. The van der Waals surface area contributed by atoms with Crippen molar-refractivity contribution in [1.82, 2.24) is 0 Å². The molecule has 0 aromatic heterocycles. The lowest BCUT2D eigenvalue weighted by Gasteiger charge is -2.10. The number of rotatable bonds is 6. The second kappa shape index (κ2) is 6.54. The van der Waals surface area contributed by atoms with Gasteiger partial charge in [-0.1, -0.05) is 42.5 Å². The van der Waals surface area contributed by atoms with Crippen LogP contribution in [-0.2, 0) is 27.5 Å². The molecule has 0 spiro atoms. The van der Waals surface area contributed by atoms with E-state index in [0.29, 0.717) is 6.61 Å². The Morgan fingerprint density at radius 3 is 2.00 bits per heavy atom. The summed E-state index contributed by atoms with van der Waals surface area (Å²) in [5, 5.41) is 0. The van der Waals surface area contributed by atoms with Crippen LogP contribution in [0, 0.1) is 0 Å². The summed E-state index contributed by atoms with van der Waals surface area (Å²) in [5.41, 5.74) is 1.70. The summed E-state index contributed by atoms with van der Waals surface area (Å²) < 4.78 is 32.6. The number of para-hydroxylation sites is 1. The fourth-order valence-corrected chi connectivity index (χ4v) is 2.03. The Kier molecular flexibility index (Phi) is 4.76. The van der Waals surface area contributed by atoms with Crippen molar-refractivity contribution in [2.24, 2.45) is 0 Å². The first-order chi connectivity index (χ1) is 9.54. The van der Waals surface area contributed by atoms with E-state index in [1.165, 1.54) is 0 Å². The van der Waals surface area contributed by atoms with Crippen LogP contribution in [0.15, 0.2) is 54.6 Å². The van der Waals surface area contributed by atoms with Gasteiger partial charge in [-0.25, -0.2) is 0 Å². The maximum absolute atomic E-state index is 11.0. The van der Waals surface area contributed by atoms with E-state index in [0.717, 1.165) is 23.1 Å². The van der Waals surface area contributed by atoms with E-state index in [9.17, 15) is 8.42 Å². The molecule has 0 aliphatic rings. The van der Waals surface area contributed by atoms with Gasteiger partial charge in [-0.2, -0.15) is 8.42 Å². The third kappa shape index (κ3) is 4.68. The fourth-order valence-electron chi connectivity index (χ4n) is 1.69. The Morgan fingerprint density at radius 2 is 1.40 bits per heavy atom. The molecule has 0 atom stereocenters. The van der Waals surface area contributed by atoms with Crippen molar-refractivity contribution in [3.63, 3.8) is 0 Å². The zero-order valence-corrected chi connectivity index (χ0v) is 12.0. The van der Waals surface area contributed by atoms with E-state index in [-0.39, 0.29) is 6.61 Å². The number of ether oxygens (including phenoxy) is 1. The van der Waals surface area contributed by atoms with Gasteiger partial charge in [0.05, 0.1) is 12.9 Å². The molecule has 106 valence electrons. The van der Waals surface area contributed by atoms with E-state index in [1.54, 1.807) is 0 Å². The Hall–Kier alpha value is -1.85. The average Bonchev–Trinajstić information content (AvgIpc) is 2.44. The Bertz CT molecular complexity index is 651. The van der Waals surface area contributed by atoms with Crippen molar-refractivity contribution in [2.75, 3.05) is 6.26 Å². The first-order valence-corrected chi connectivity index (χ1v) is 7.95. The van der Waals surface area contributed by atoms with E-state index in [2.05, 4.69) is 0 Å². The molecule has 0 radical (unpaired) electrons. The van der Waals surface area contributed by atoms with Crippen LogP contribution in [0.25, 0.3) is 0 Å². The summed E-state index contributed by atoms with van der Waals surface area (Å²) in [4.78, 5) is 0. The lowest BCUT2D eigenvalue weighted by atomic mass is 10.1. The van der Waals surface area contributed by atoms with Gasteiger partial charge in [0.15, 0.2) is 0 Å². The Morgan fingerprint density at radius 1 is 0.850 bits per heavy atom. The van der Waals surface area contributed by atoms with Gasteiger partial charge in [-0.3, -0.25) is 4.18 Å². The van der Waals surface area contributed by atoms with Crippen LogP contribution in [0.2, 0.25) is 0 Å². The third-order valence-electron chi connectivity index (χ3n) is 2.68. The first-order valence-electron chi connectivity index (χ1n) is 6.13. The Balaban J connectivity index is 2.04. The summed E-state index contributed by atoms with van der Waals surface area (Å²) in [6.45, 7) is 0.389. The SMILES string of the molecule is CS(=O)(=O)OCc1ccccc1COc1ccccc1. The van der Waals surface area contributed by atoms with Gasteiger partial charge in [0.2, 0.25) is 0 Å². The highest BCUT2D eigenvalue weighted by Gasteiger charge is 2.07. The van der Waals surface area contributed by atoms with Gasteiger partial charge >= 0.3 is 0 Å². The summed E-state index contributed by atoms with van der Waals surface area (Å²) in [6, 6.07) is 16.9. The van der Waals surface area contributed by atoms with Gasteiger partial charge in [0.25, 0.3) is 10.1 Å². The highest BCUT2D eigenvalue weighted by molar-refractivity contribution is 7.85. The molecule has 0 saturated carbocycles. The van der Waals surface area contributed by atoms with E-state index >= 15 is 0 Å². The zero-order valence-electron chi connectivity index (χ0n) is 11.2. The van der Waals surface area contributed by atoms with Gasteiger partial charge in [-0.05, 0) is 23.3 Å². The van der Waals surface area contributed by atoms with Crippen molar-refractivity contribution < 1.29 is 17.3 Å². The molecule has 2 rings (SSSR count). The third-order valence-corrected chi connectivity index (χ3v) is 3.23. The standard InChI is InChI=1S/C15H16O4S/c1-20(16,17)19-12-14-8-6-5-7-13(14)11-18-15-9-3-2-4-10-15/h2-10H,11-12H2,1H3. The van der Waals surface area contributed by atoms with Gasteiger partial charge in [0, 0.05) is 0 Å². The van der Waals surface area contributed by atoms with Gasteiger partial charge < -0.3 is 4.74 Å². The molecule has 0 unspecified atom stereocenters. The molecule has 20 heavy (non-hydrogen) atoms. The van der Waals surface area contributed by atoms with Crippen molar-refractivity contribution in [2.45, 2.75) is 13.2 Å². The Labute approximate surface area is 119 Å². The summed E-state index contributed by atoms with van der Waals surface area (Å²) in [7, 11) is -3.45. The van der Waals surface area contributed by atoms with E-state index < -0.39 is 10.1 Å². The number of hydrogen-bond donors (Lipinski definition) is 0. The molecule has 2 aromatic rings. The van der Waals surface area contributed by atoms with Crippen molar-refractivity contribution in [1.29, 1.82) is 0 Å². The molecule has 2 aromatic carbocycles. The molecular weight excluding hydrogens is 276 g/mol. The number of benzene rings is 2. The van der Waals surface area contributed by atoms with Crippen LogP contribution in [0.3, 0.4) is 0 Å². The molecule has 0 aliphatic carbocycles. The minimum atomic E-state index is -3.45. The highest BCUT2D eigenvalue weighted by Crippen LogP contribution is 2.15. The molecule has 0 fully saturated rings. The maximum Gasteiger partial charge on any atom is 0.264 e. The van der Waals surface area contributed by atoms with Gasteiger partial charge in [0.1, 0.15) is 12.4 Å². The molecule has 0 heterocycles. The average molecular weight is 292 g/mol. The monoisotopic (exact) mass is 292 g/mol. The van der Waals surface area contributed by atoms with Crippen LogP contribution in [0.5, 0.6) is 5.75 Å². The van der Waals surface area contributed by atoms with Crippen LogP contribution < -0.4 is 4.74 Å². The molecule has 4 nitrogen and oxygen atoms in total. The summed E-state index contributed by atoms with van der Waals surface area (Å²) in [5.74, 6) is 0.770. The number of hydrogen-bond acceptors (Lipinski definition) is 4. The fraction of sp³-hybridized carbons (Fsp3) is 0.200. The lowest BCUT2D eigenvalue weighted by molar-refractivity contribution is 0.288. The highest BCUT2D eigenvalue weighted by atomic mass is 32.2. The van der Waals surface area contributed by atoms with Crippen molar-refractivity contribution in [3.8, 4) is 5.75 Å². The molecule has 0 amide bonds. The molecule has 5 heteroatoms. The molecule has 0 aliphatic heterocycles. The zero-order chi connectivity index (χ0) is 14.4. The van der Waals surface area contributed by atoms with Crippen LogP contribution in [-0.4, -0.2) is 14.7 Å². The predicted molar refractivity (Wildman–Crippen MR) is 76.8 cm³/mol. The maximum atomic E-state index is 11.0. The van der Waals surface area contributed by atoms with Crippen LogP contribution >= 0.6 is 0 Å². The largest absolute Gasteiger partial charge is 0.489 e. The summed E-state index contributed by atoms with van der Waals surface area (Å²) >= 11 is 0. The minimum Gasteiger partial charge on any atom is -0.489 e. The topological polar surface area (TPSA) is 52.6 Å². The van der Waals surface area contributed by atoms with E-state index in [1.807, 2.05) is 54.6 Å². The minimum absolute atomic E-state index is 0.0210.